The van der Waals surface area contributed by atoms with Crippen molar-refractivity contribution in [2.75, 3.05) is 20.2 Å². The van der Waals surface area contributed by atoms with Gasteiger partial charge in [0.1, 0.15) is 0 Å². The molecule has 1 fully saturated rings. The molecule has 0 radical (unpaired) electrons. The molecule has 0 aliphatic carbocycles. The number of hydrogen-bond acceptors (Lipinski definition) is 2. The number of piperidine rings is 1. The van der Waals surface area contributed by atoms with E-state index in [9.17, 15) is 4.39 Å². The Balaban J connectivity index is 2.42. The van der Waals surface area contributed by atoms with Crippen molar-refractivity contribution >= 4 is 15.9 Å². The van der Waals surface area contributed by atoms with Crippen LogP contribution in [0.15, 0.2) is 10.5 Å². The van der Waals surface area contributed by atoms with Gasteiger partial charge in [0.05, 0.1) is 11.6 Å². The minimum absolute atomic E-state index is 0.223. The highest BCUT2D eigenvalue weighted by atomic mass is 79.9. The van der Waals surface area contributed by atoms with Gasteiger partial charge in [-0.3, -0.25) is 0 Å². The minimum atomic E-state index is -0.223. The smallest absolute Gasteiger partial charge is 0.169 e. The van der Waals surface area contributed by atoms with E-state index in [1.807, 2.05) is 13.0 Å². The second-order valence-electron chi connectivity index (χ2n) is 4.49. The fourth-order valence-electron chi connectivity index (χ4n) is 2.36. The third kappa shape index (κ3) is 2.47. The lowest BCUT2D eigenvalue weighted by molar-refractivity contribution is 0.373. The van der Waals surface area contributed by atoms with Gasteiger partial charge in [-0.1, -0.05) is 6.07 Å². The quantitative estimate of drug-likeness (QED) is 0.904. The standard InChI is InChI=1S/C13H17BrFNO/c1-8-6-10(9-4-3-5-16-7-9)12(15)13(17-2)11(8)14/h6,9,16H,3-5,7H2,1-2H3. The Hall–Kier alpha value is -0.610. The third-order valence-electron chi connectivity index (χ3n) is 3.31. The highest BCUT2D eigenvalue weighted by Gasteiger charge is 2.23. The van der Waals surface area contributed by atoms with Gasteiger partial charge in [0.15, 0.2) is 11.6 Å². The van der Waals surface area contributed by atoms with Crippen molar-refractivity contribution < 1.29 is 9.13 Å². The Morgan fingerprint density at radius 3 is 2.88 bits per heavy atom. The van der Waals surface area contributed by atoms with E-state index >= 15 is 0 Å². The summed E-state index contributed by atoms with van der Waals surface area (Å²) in [5.41, 5.74) is 1.79. The van der Waals surface area contributed by atoms with Gasteiger partial charge in [0, 0.05) is 6.54 Å². The molecule has 0 spiro atoms. The average Bonchev–Trinajstić information content (AvgIpc) is 2.36. The molecule has 0 amide bonds. The summed E-state index contributed by atoms with van der Waals surface area (Å²) < 4.78 is 20.2. The van der Waals surface area contributed by atoms with Gasteiger partial charge in [0.25, 0.3) is 0 Å². The minimum Gasteiger partial charge on any atom is -0.492 e. The number of ether oxygens (including phenoxy) is 1. The van der Waals surface area contributed by atoms with Crippen molar-refractivity contribution in [3.63, 3.8) is 0 Å². The SMILES string of the molecule is COc1c(F)c(C2CCCNC2)cc(C)c1Br. The Labute approximate surface area is 110 Å². The topological polar surface area (TPSA) is 21.3 Å². The Morgan fingerprint density at radius 2 is 2.29 bits per heavy atom. The van der Waals surface area contributed by atoms with Crippen LogP contribution in [-0.4, -0.2) is 20.2 Å². The molecule has 1 aromatic rings. The third-order valence-corrected chi connectivity index (χ3v) is 4.30. The van der Waals surface area contributed by atoms with Crippen molar-refractivity contribution in [2.45, 2.75) is 25.7 Å². The monoisotopic (exact) mass is 301 g/mol. The van der Waals surface area contributed by atoms with E-state index in [0.717, 1.165) is 37.1 Å². The van der Waals surface area contributed by atoms with Gasteiger partial charge >= 0.3 is 0 Å². The molecule has 1 unspecified atom stereocenters. The summed E-state index contributed by atoms with van der Waals surface area (Å²) in [5, 5.41) is 3.31. The largest absolute Gasteiger partial charge is 0.492 e. The van der Waals surface area contributed by atoms with E-state index in [-0.39, 0.29) is 11.7 Å². The van der Waals surface area contributed by atoms with Crippen LogP contribution in [0.3, 0.4) is 0 Å². The number of rotatable bonds is 2. The first-order chi connectivity index (χ1) is 8.15. The molecule has 1 saturated heterocycles. The zero-order valence-electron chi connectivity index (χ0n) is 10.1. The molecular weight excluding hydrogens is 285 g/mol. The summed E-state index contributed by atoms with van der Waals surface area (Å²) in [7, 11) is 1.51. The van der Waals surface area contributed by atoms with Crippen LogP contribution in [0, 0.1) is 12.7 Å². The van der Waals surface area contributed by atoms with E-state index < -0.39 is 0 Å². The van der Waals surface area contributed by atoms with Crippen LogP contribution < -0.4 is 10.1 Å². The second-order valence-corrected chi connectivity index (χ2v) is 5.28. The maximum absolute atomic E-state index is 14.3. The van der Waals surface area contributed by atoms with Crippen molar-refractivity contribution in [3.8, 4) is 5.75 Å². The fourth-order valence-corrected chi connectivity index (χ4v) is 2.81. The lowest BCUT2D eigenvalue weighted by Crippen LogP contribution is -2.29. The summed E-state index contributed by atoms with van der Waals surface area (Å²) in [5.74, 6) is 0.355. The van der Waals surface area contributed by atoms with Gasteiger partial charge < -0.3 is 10.1 Å². The number of aryl methyl sites for hydroxylation is 1. The molecule has 1 heterocycles. The molecule has 1 aliphatic rings. The van der Waals surface area contributed by atoms with Gasteiger partial charge in [0.2, 0.25) is 0 Å². The van der Waals surface area contributed by atoms with E-state index in [2.05, 4.69) is 21.2 Å². The molecule has 17 heavy (non-hydrogen) atoms. The molecule has 0 bridgehead atoms. The molecule has 1 N–H and O–H groups in total. The first-order valence-corrected chi connectivity index (χ1v) is 6.67. The number of hydrogen-bond donors (Lipinski definition) is 1. The van der Waals surface area contributed by atoms with Crippen molar-refractivity contribution in [3.05, 3.63) is 27.5 Å². The van der Waals surface area contributed by atoms with Crippen LogP contribution in [0.25, 0.3) is 0 Å². The molecule has 4 heteroatoms. The molecule has 2 nitrogen and oxygen atoms in total. The molecule has 2 rings (SSSR count). The van der Waals surface area contributed by atoms with Gasteiger partial charge in [-0.05, 0) is 59.3 Å². The van der Waals surface area contributed by atoms with E-state index in [1.54, 1.807) is 0 Å². The van der Waals surface area contributed by atoms with Crippen molar-refractivity contribution in [1.82, 2.24) is 5.32 Å². The zero-order valence-corrected chi connectivity index (χ0v) is 11.7. The maximum atomic E-state index is 14.3. The molecular formula is C13H17BrFNO. The normalized spacial score (nSPS) is 20.4. The van der Waals surface area contributed by atoms with Crippen molar-refractivity contribution in [2.24, 2.45) is 0 Å². The lowest BCUT2D eigenvalue weighted by Gasteiger charge is -2.25. The summed E-state index contributed by atoms with van der Waals surface area (Å²) in [6.45, 7) is 3.84. The summed E-state index contributed by atoms with van der Waals surface area (Å²) >= 11 is 3.37. The van der Waals surface area contributed by atoms with Crippen molar-refractivity contribution in [1.29, 1.82) is 0 Å². The van der Waals surface area contributed by atoms with Gasteiger partial charge in [-0.25, -0.2) is 4.39 Å². The zero-order chi connectivity index (χ0) is 12.4. The Bertz CT molecular complexity index is 416. The predicted molar refractivity (Wildman–Crippen MR) is 70.2 cm³/mol. The molecule has 1 atom stereocenters. The average molecular weight is 302 g/mol. The molecule has 94 valence electrons. The lowest BCUT2D eigenvalue weighted by atomic mass is 9.90. The van der Waals surface area contributed by atoms with E-state index in [0.29, 0.717) is 10.2 Å². The second kappa shape index (κ2) is 5.36. The van der Waals surface area contributed by atoms with Gasteiger partial charge in [-0.15, -0.1) is 0 Å². The van der Waals surface area contributed by atoms with Crippen LogP contribution in [0.2, 0.25) is 0 Å². The highest BCUT2D eigenvalue weighted by molar-refractivity contribution is 9.10. The number of nitrogens with one attached hydrogen (secondary N) is 1. The molecule has 1 aliphatic heterocycles. The van der Waals surface area contributed by atoms with Crippen LogP contribution in [0.1, 0.15) is 29.9 Å². The Kier molecular flexibility index (Phi) is 4.05. The number of halogens is 2. The van der Waals surface area contributed by atoms with E-state index in [4.69, 9.17) is 4.74 Å². The highest BCUT2D eigenvalue weighted by Crippen LogP contribution is 2.37. The number of methoxy groups -OCH3 is 1. The fraction of sp³-hybridized carbons (Fsp3) is 0.538. The molecule has 1 aromatic carbocycles. The Morgan fingerprint density at radius 1 is 1.53 bits per heavy atom. The maximum Gasteiger partial charge on any atom is 0.169 e. The van der Waals surface area contributed by atoms with E-state index in [1.165, 1.54) is 7.11 Å². The van der Waals surface area contributed by atoms with Crippen LogP contribution in [-0.2, 0) is 0 Å². The first-order valence-electron chi connectivity index (χ1n) is 5.88. The van der Waals surface area contributed by atoms with Crippen LogP contribution >= 0.6 is 15.9 Å². The summed E-state index contributed by atoms with van der Waals surface area (Å²) in [4.78, 5) is 0. The molecule has 0 aromatic heterocycles. The summed E-state index contributed by atoms with van der Waals surface area (Å²) in [6.07, 6.45) is 2.13. The van der Waals surface area contributed by atoms with Crippen LogP contribution in [0.4, 0.5) is 4.39 Å². The molecule has 0 saturated carbocycles. The van der Waals surface area contributed by atoms with Crippen LogP contribution in [0.5, 0.6) is 5.75 Å². The van der Waals surface area contributed by atoms with Gasteiger partial charge in [-0.2, -0.15) is 0 Å². The summed E-state index contributed by atoms with van der Waals surface area (Å²) in [6, 6.07) is 1.93. The predicted octanol–water partition coefficient (Wildman–Crippen LogP) is 3.37. The number of benzene rings is 1. The first kappa shape index (κ1) is 12.8.